The number of furan rings is 1. The van der Waals surface area contributed by atoms with E-state index in [1.807, 2.05) is 42.2 Å². The van der Waals surface area contributed by atoms with Crippen molar-refractivity contribution in [2.24, 2.45) is 7.05 Å². The number of carbonyl (C=O) groups excluding carboxylic acids is 1. The van der Waals surface area contributed by atoms with Crippen LogP contribution in [0.2, 0.25) is 0 Å². The van der Waals surface area contributed by atoms with Crippen molar-refractivity contribution in [3.63, 3.8) is 0 Å². The molecule has 1 aromatic carbocycles. The van der Waals surface area contributed by atoms with Gasteiger partial charge in [-0.05, 0) is 30.3 Å². The molecule has 0 N–H and O–H groups in total. The SMILES string of the molecule is Cn1ncc2cc(-c3ccc(CCC=O)o3)ccc21. The molecule has 0 amide bonds. The minimum absolute atomic E-state index is 0.495. The van der Waals surface area contributed by atoms with E-state index in [0.717, 1.165) is 34.3 Å². The van der Waals surface area contributed by atoms with Crippen LogP contribution in [0.4, 0.5) is 0 Å². The minimum atomic E-state index is 0.495. The predicted octanol–water partition coefficient (Wildman–Crippen LogP) is 2.96. The van der Waals surface area contributed by atoms with Gasteiger partial charge in [-0.25, -0.2) is 0 Å². The number of hydrogen-bond acceptors (Lipinski definition) is 3. The summed E-state index contributed by atoms with van der Waals surface area (Å²) in [4.78, 5) is 10.4. The molecule has 0 aliphatic carbocycles. The summed E-state index contributed by atoms with van der Waals surface area (Å²) in [6, 6.07) is 9.98. The molecule has 3 aromatic rings. The molecule has 0 fully saturated rings. The Labute approximate surface area is 110 Å². The number of benzene rings is 1. The fourth-order valence-corrected chi connectivity index (χ4v) is 2.19. The Hall–Kier alpha value is -2.36. The summed E-state index contributed by atoms with van der Waals surface area (Å²) in [5.74, 6) is 1.67. The molecule has 0 aliphatic heterocycles. The fourth-order valence-electron chi connectivity index (χ4n) is 2.19. The van der Waals surface area contributed by atoms with Crippen molar-refractivity contribution >= 4 is 17.2 Å². The van der Waals surface area contributed by atoms with E-state index in [9.17, 15) is 4.79 Å². The predicted molar refractivity (Wildman–Crippen MR) is 72.8 cm³/mol. The van der Waals surface area contributed by atoms with Crippen LogP contribution in [0, 0.1) is 0 Å². The van der Waals surface area contributed by atoms with Gasteiger partial charge in [-0.15, -0.1) is 0 Å². The van der Waals surface area contributed by atoms with Crippen LogP contribution in [0.1, 0.15) is 12.2 Å². The van der Waals surface area contributed by atoms with Crippen molar-refractivity contribution in [2.75, 3.05) is 0 Å². The second-order valence-corrected chi connectivity index (χ2v) is 4.51. The van der Waals surface area contributed by atoms with Crippen LogP contribution < -0.4 is 0 Å². The van der Waals surface area contributed by atoms with Crippen molar-refractivity contribution in [2.45, 2.75) is 12.8 Å². The summed E-state index contributed by atoms with van der Waals surface area (Å²) in [5, 5.41) is 5.31. The molecule has 0 radical (unpaired) electrons. The molecule has 4 heteroatoms. The van der Waals surface area contributed by atoms with Gasteiger partial charge in [0.2, 0.25) is 0 Å². The van der Waals surface area contributed by atoms with Gasteiger partial charge in [0.25, 0.3) is 0 Å². The first-order chi connectivity index (χ1) is 9.28. The number of carbonyl (C=O) groups is 1. The number of hydrogen-bond donors (Lipinski definition) is 0. The van der Waals surface area contributed by atoms with E-state index in [-0.39, 0.29) is 0 Å². The van der Waals surface area contributed by atoms with Gasteiger partial charge in [0.05, 0.1) is 11.7 Å². The highest BCUT2D eigenvalue weighted by Gasteiger charge is 2.07. The average Bonchev–Trinajstić information content (AvgIpc) is 3.04. The Morgan fingerprint density at radius 3 is 3.05 bits per heavy atom. The van der Waals surface area contributed by atoms with E-state index in [2.05, 4.69) is 11.2 Å². The van der Waals surface area contributed by atoms with Crippen molar-refractivity contribution in [3.8, 4) is 11.3 Å². The van der Waals surface area contributed by atoms with E-state index in [4.69, 9.17) is 4.42 Å². The molecular formula is C15H14N2O2. The van der Waals surface area contributed by atoms with E-state index < -0.39 is 0 Å². The van der Waals surface area contributed by atoms with Gasteiger partial charge in [-0.1, -0.05) is 0 Å². The smallest absolute Gasteiger partial charge is 0.134 e. The molecule has 3 rings (SSSR count). The van der Waals surface area contributed by atoms with Gasteiger partial charge < -0.3 is 9.21 Å². The largest absolute Gasteiger partial charge is 0.461 e. The summed E-state index contributed by atoms with van der Waals surface area (Å²) in [7, 11) is 1.92. The standard InChI is InChI=1S/C15H14N2O2/c1-17-14-6-4-11(9-12(14)10-16-17)15-7-5-13(19-15)3-2-8-18/h4-10H,2-3H2,1H3. The van der Waals surface area contributed by atoms with Crippen molar-refractivity contribution in [3.05, 3.63) is 42.3 Å². The van der Waals surface area contributed by atoms with Crippen LogP contribution in [0.15, 0.2) is 40.9 Å². The maximum absolute atomic E-state index is 10.4. The highest BCUT2D eigenvalue weighted by atomic mass is 16.3. The van der Waals surface area contributed by atoms with Crippen molar-refractivity contribution < 1.29 is 9.21 Å². The molecule has 0 saturated carbocycles. The molecule has 0 atom stereocenters. The molecule has 0 spiro atoms. The van der Waals surface area contributed by atoms with Crippen LogP contribution in [0.25, 0.3) is 22.2 Å². The molecule has 19 heavy (non-hydrogen) atoms. The zero-order chi connectivity index (χ0) is 13.2. The maximum Gasteiger partial charge on any atom is 0.134 e. The van der Waals surface area contributed by atoms with E-state index in [0.29, 0.717) is 12.8 Å². The van der Waals surface area contributed by atoms with E-state index in [1.54, 1.807) is 0 Å². The molecule has 2 heterocycles. The first-order valence-electron chi connectivity index (χ1n) is 6.22. The zero-order valence-corrected chi connectivity index (χ0v) is 10.7. The van der Waals surface area contributed by atoms with Gasteiger partial charge in [0, 0.05) is 30.8 Å². The molecule has 0 unspecified atom stereocenters. The lowest BCUT2D eigenvalue weighted by atomic mass is 10.1. The Bertz CT molecular complexity index is 725. The monoisotopic (exact) mass is 254 g/mol. The summed E-state index contributed by atoms with van der Waals surface area (Å²) in [5.41, 5.74) is 2.12. The number of aromatic nitrogens is 2. The Morgan fingerprint density at radius 1 is 1.32 bits per heavy atom. The Kier molecular flexibility index (Phi) is 2.91. The number of nitrogens with zero attached hydrogens (tertiary/aromatic N) is 2. The van der Waals surface area contributed by atoms with Gasteiger partial charge in [-0.2, -0.15) is 5.10 Å². The molecule has 96 valence electrons. The van der Waals surface area contributed by atoms with Gasteiger partial charge in [0.1, 0.15) is 17.8 Å². The fraction of sp³-hybridized carbons (Fsp3) is 0.200. The lowest BCUT2D eigenvalue weighted by Gasteiger charge is -1.99. The van der Waals surface area contributed by atoms with Crippen molar-refractivity contribution in [1.82, 2.24) is 9.78 Å². The third-order valence-electron chi connectivity index (χ3n) is 3.20. The number of fused-ring (bicyclic) bond motifs is 1. The highest BCUT2D eigenvalue weighted by Crippen LogP contribution is 2.26. The number of aldehydes is 1. The van der Waals surface area contributed by atoms with Crippen LogP contribution >= 0.6 is 0 Å². The van der Waals surface area contributed by atoms with E-state index >= 15 is 0 Å². The van der Waals surface area contributed by atoms with Gasteiger partial charge in [0.15, 0.2) is 0 Å². The molecular weight excluding hydrogens is 240 g/mol. The van der Waals surface area contributed by atoms with Crippen LogP contribution in [-0.2, 0) is 18.3 Å². The van der Waals surface area contributed by atoms with Crippen LogP contribution in [0.5, 0.6) is 0 Å². The Balaban J connectivity index is 1.94. The molecule has 0 saturated heterocycles. The van der Waals surface area contributed by atoms with E-state index in [1.165, 1.54) is 0 Å². The molecule has 0 aliphatic rings. The topological polar surface area (TPSA) is 48.0 Å². The first kappa shape index (κ1) is 11.7. The molecule has 4 nitrogen and oxygen atoms in total. The van der Waals surface area contributed by atoms with Crippen LogP contribution in [-0.4, -0.2) is 16.1 Å². The molecule has 2 aromatic heterocycles. The summed E-state index contributed by atoms with van der Waals surface area (Å²) >= 11 is 0. The zero-order valence-electron chi connectivity index (χ0n) is 10.7. The normalized spacial score (nSPS) is 11.0. The lowest BCUT2D eigenvalue weighted by Crippen LogP contribution is -1.88. The summed E-state index contributed by atoms with van der Waals surface area (Å²) < 4.78 is 7.59. The first-order valence-corrected chi connectivity index (χ1v) is 6.22. The average molecular weight is 254 g/mol. The second-order valence-electron chi connectivity index (χ2n) is 4.51. The maximum atomic E-state index is 10.4. The number of aryl methyl sites for hydroxylation is 2. The quantitative estimate of drug-likeness (QED) is 0.672. The summed E-state index contributed by atoms with van der Waals surface area (Å²) in [6.45, 7) is 0. The third-order valence-corrected chi connectivity index (χ3v) is 3.20. The second kappa shape index (κ2) is 4.72. The third kappa shape index (κ3) is 2.17. The van der Waals surface area contributed by atoms with Gasteiger partial charge >= 0.3 is 0 Å². The van der Waals surface area contributed by atoms with Crippen molar-refractivity contribution in [1.29, 1.82) is 0 Å². The minimum Gasteiger partial charge on any atom is -0.461 e. The molecule has 0 bridgehead atoms. The highest BCUT2D eigenvalue weighted by molar-refractivity contribution is 5.83. The van der Waals surface area contributed by atoms with Crippen LogP contribution in [0.3, 0.4) is 0 Å². The Morgan fingerprint density at radius 2 is 2.21 bits per heavy atom. The van der Waals surface area contributed by atoms with Gasteiger partial charge in [-0.3, -0.25) is 4.68 Å². The lowest BCUT2D eigenvalue weighted by molar-refractivity contribution is -0.107. The summed E-state index contributed by atoms with van der Waals surface area (Å²) in [6.07, 6.45) is 3.90. The number of rotatable bonds is 4.